The van der Waals surface area contributed by atoms with Crippen LogP contribution in [0.15, 0.2) is 41.0 Å². The first kappa shape index (κ1) is 17.3. The van der Waals surface area contributed by atoms with E-state index in [4.69, 9.17) is 4.63 Å². The molecule has 0 N–H and O–H groups in total. The van der Waals surface area contributed by atoms with Crippen LogP contribution in [-0.2, 0) is 0 Å². The molecule has 27 heavy (non-hydrogen) atoms. The maximum Gasteiger partial charge on any atom is 0.324 e. The summed E-state index contributed by atoms with van der Waals surface area (Å²) in [5.41, 5.74) is 2.74. The molecule has 0 atom stereocenters. The monoisotopic (exact) mass is 367 g/mol. The second-order valence-corrected chi connectivity index (χ2v) is 6.78. The molecule has 0 amide bonds. The van der Waals surface area contributed by atoms with Gasteiger partial charge >= 0.3 is 5.69 Å². The average molecular weight is 367 g/mol. The van der Waals surface area contributed by atoms with Crippen molar-refractivity contribution in [2.45, 2.75) is 25.7 Å². The van der Waals surface area contributed by atoms with E-state index in [1.165, 1.54) is 12.8 Å². The van der Waals surface area contributed by atoms with Crippen molar-refractivity contribution in [3.63, 3.8) is 0 Å². The summed E-state index contributed by atoms with van der Waals surface area (Å²) in [4.78, 5) is 15.5. The van der Waals surface area contributed by atoms with E-state index in [1.807, 2.05) is 48.3 Å². The number of nitrogens with zero attached hydrogens (tertiary/aromatic N) is 5. The van der Waals surface area contributed by atoms with E-state index in [0.29, 0.717) is 11.2 Å². The largest absolute Gasteiger partial charge is 0.370 e. The molecule has 1 saturated heterocycles. The lowest BCUT2D eigenvalue weighted by Crippen LogP contribution is -2.25. The topological polar surface area (TPSA) is 88.5 Å². The van der Waals surface area contributed by atoms with Crippen LogP contribution in [0.1, 0.15) is 25.7 Å². The van der Waals surface area contributed by atoms with Crippen LogP contribution >= 0.6 is 0 Å². The molecule has 2 heterocycles. The number of hydrogen-bond acceptors (Lipinski definition) is 7. The minimum Gasteiger partial charge on any atom is -0.370 e. The normalized spacial score (nSPS) is 14.9. The van der Waals surface area contributed by atoms with Crippen LogP contribution in [0.3, 0.4) is 0 Å². The number of para-hydroxylation sites is 1. The summed E-state index contributed by atoms with van der Waals surface area (Å²) in [5.74, 6) is 0. The molecule has 1 aromatic heterocycles. The molecule has 1 aliphatic rings. The highest BCUT2D eigenvalue weighted by atomic mass is 16.6. The van der Waals surface area contributed by atoms with Gasteiger partial charge in [-0.25, -0.2) is 4.63 Å². The molecule has 4 rings (SSSR count). The second kappa shape index (κ2) is 7.22. The molecule has 8 heteroatoms. The van der Waals surface area contributed by atoms with Crippen molar-refractivity contribution in [1.82, 2.24) is 10.3 Å². The van der Waals surface area contributed by atoms with Gasteiger partial charge < -0.3 is 9.80 Å². The molecular weight excluding hydrogens is 346 g/mol. The maximum atomic E-state index is 11.9. The average Bonchev–Trinajstić information content (AvgIpc) is 3.01. The van der Waals surface area contributed by atoms with Crippen molar-refractivity contribution >= 4 is 33.8 Å². The van der Waals surface area contributed by atoms with Crippen molar-refractivity contribution in [3.8, 4) is 0 Å². The van der Waals surface area contributed by atoms with Gasteiger partial charge in [0.25, 0.3) is 0 Å². The predicted molar refractivity (Wildman–Crippen MR) is 104 cm³/mol. The van der Waals surface area contributed by atoms with E-state index in [0.717, 1.165) is 37.3 Å². The molecule has 0 spiro atoms. The van der Waals surface area contributed by atoms with E-state index in [9.17, 15) is 10.1 Å². The third kappa shape index (κ3) is 3.18. The lowest BCUT2D eigenvalue weighted by atomic mass is 10.1. The molecule has 1 fully saturated rings. The summed E-state index contributed by atoms with van der Waals surface area (Å²) in [6.07, 6.45) is 4.57. The SMILES string of the molecule is CN(c1ccccc1)c1cc(N2CCCCCC2)c2nonc2c1[N+](=O)[O-]. The van der Waals surface area contributed by atoms with Gasteiger partial charge in [0.1, 0.15) is 5.69 Å². The summed E-state index contributed by atoms with van der Waals surface area (Å²) >= 11 is 0. The molecule has 0 saturated carbocycles. The number of benzene rings is 2. The van der Waals surface area contributed by atoms with Crippen LogP contribution < -0.4 is 9.80 Å². The van der Waals surface area contributed by atoms with E-state index in [1.54, 1.807) is 0 Å². The molecule has 8 nitrogen and oxygen atoms in total. The minimum atomic E-state index is -0.409. The van der Waals surface area contributed by atoms with Crippen LogP contribution in [0.4, 0.5) is 22.7 Å². The number of aromatic nitrogens is 2. The maximum absolute atomic E-state index is 11.9. The Hall–Kier alpha value is -3.16. The Morgan fingerprint density at radius 1 is 1.07 bits per heavy atom. The van der Waals surface area contributed by atoms with Gasteiger partial charge in [-0.1, -0.05) is 31.0 Å². The van der Waals surface area contributed by atoms with Gasteiger partial charge in [0.15, 0.2) is 5.52 Å². The molecular formula is C19H21N5O3. The number of nitro benzene ring substituents is 1. The summed E-state index contributed by atoms with van der Waals surface area (Å²) in [6, 6.07) is 11.4. The first-order valence-electron chi connectivity index (χ1n) is 9.14. The van der Waals surface area contributed by atoms with E-state index in [2.05, 4.69) is 15.2 Å². The Bertz CT molecular complexity index is 949. The quantitative estimate of drug-likeness (QED) is 0.502. The van der Waals surface area contributed by atoms with E-state index in [-0.39, 0.29) is 11.2 Å². The minimum absolute atomic E-state index is 0.0869. The number of anilines is 3. The third-order valence-corrected chi connectivity index (χ3v) is 5.11. The summed E-state index contributed by atoms with van der Waals surface area (Å²) in [6.45, 7) is 1.79. The van der Waals surface area contributed by atoms with Gasteiger partial charge in [-0.2, -0.15) is 0 Å². The number of rotatable bonds is 4. The van der Waals surface area contributed by atoms with Gasteiger partial charge in [-0.05, 0) is 41.4 Å². The first-order valence-corrected chi connectivity index (χ1v) is 9.14. The van der Waals surface area contributed by atoms with Crippen LogP contribution in [0.2, 0.25) is 0 Å². The standard InChI is InChI=1S/C19H21N5O3/c1-22(14-9-5-4-6-10-14)16-13-15(23-11-7-2-3-8-12-23)17-18(21-27-20-17)19(16)24(25)26/h4-6,9-10,13H,2-3,7-8,11-12H2,1H3. The summed E-state index contributed by atoms with van der Waals surface area (Å²) in [5, 5.41) is 19.7. The van der Waals surface area contributed by atoms with Crippen LogP contribution in [0.5, 0.6) is 0 Å². The zero-order valence-corrected chi connectivity index (χ0v) is 15.2. The molecule has 0 aliphatic carbocycles. The highest BCUT2D eigenvalue weighted by Gasteiger charge is 2.30. The highest BCUT2D eigenvalue weighted by molar-refractivity contribution is 6.00. The number of nitro groups is 1. The fourth-order valence-corrected chi connectivity index (χ4v) is 3.68. The Morgan fingerprint density at radius 2 is 1.74 bits per heavy atom. The van der Waals surface area contributed by atoms with Crippen molar-refractivity contribution in [2.75, 3.05) is 29.9 Å². The van der Waals surface area contributed by atoms with E-state index >= 15 is 0 Å². The number of fused-ring (bicyclic) bond motifs is 1. The molecule has 0 bridgehead atoms. The van der Waals surface area contributed by atoms with E-state index < -0.39 is 4.92 Å². The lowest BCUT2D eigenvalue weighted by Gasteiger charge is -2.25. The van der Waals surface area contributed by atoms with Gasteiger partial charge in [0.05, 0.1) is 10.6 Å². The smallest absolute Gasteiger partial charge is 0.324 e. The van der Waals surface area contributed by atoms with Crippen molar-refractivity contribution in [3.05, 3.63) is 46.5 Å². The van der Waals surface area contributed by atoms with Crippen LogP contribution in [-0.4, -0.2) is 35.4 Å². The van der Waals surface area contributed by atoms with Crippen LogP contribution in [0, 0.1) is 10.1 Å². The number of hydrogen-bond donors (Lipinski definition) is 0. The molecule has 1 aliphatic heterocycles. The van der Waals surface area contributed by atoms with Gasteiger partial charge in [-0.3, -0.25) is 10.1 Å². The fraction of sp³-hybridized carbons (Fsp3) is 0.368. The zero-order valence-electron chi connectivity index (χ0n) is 15.2. The van der Waals surface area contributed by atoms with Crippen molar-refractivity contribution < 1.29 is 9.55 Å². The van der Waals surface area contributed by atoms with Crippen molar-refractivity contribution in [1.29, 1.82) is 0 Å². The van der Waals surface area contributed by atoms with Gasteiger partial charge in [-0.15, -0.1) is 0 Å². The molecule has 2 aromatic carbocycles. The van der Waals surface area contributed by atoms with Gasteiger partial charge in [0, 0.05) is 25.8 Å². The second-order valence-electron chi connectivity index (χ2n) is 6.78. The molecule has 3 aromatic rings. The van der Waals surface area contributed by atoms with Crippen LogP contribution in [0.25, 0.3) is 11.0 Å². The molecule has 0 radical (unpaired) electrons. The Labute approximate surface area is 156 Å². The Kier molecular flexibility index (Phi) is 4.62. The molecule has 140 valence electrons. The highest BCUT2D eigenvalue weighted by Crippen LogP contribution is 2.42. The Morgan fingerprint density at radius 3 is 2.41 bits per heavy atom. The zero-order chi connectivity index (χ0) is 18.8. The molecule has 0 unspecified atom stereocenters. The third-order valence-electron chi connectivity index (χ3n) is 5.11. The Balaban J connectivity index is 1.91. The summed E-state index contributed by atoms with van der Waals surface area (Å²) < 4.78 is 4.91. The fourth-order valence-electron chi connectivity index (χ4n) is 3.68. The van der Waals surface area contributed by atoms with Gasteiger partial charge in [0.2, 0.25) is 5.52 Å². The predicted octanol–water partition coefficient (Wildman–Crippen LogP) is 4.28. The first-order chi connectivity index (χ1) is 13.2. The van der Waals surface area contributed by atoms with Crippen molar-refractivity contribution in [2.24, 2.45) is 0 Å². The summed E-state index contributed by atoms with van der Waals surface area (Å²) in [7, 11) is 1.82. The lowest BCUT2D eigenvalue weighted by molar-refractivity contribution is -0.382.